The van der Waals surface area contributed by atoms with Crippen LogP contribution in [-0.4, -0.2) is 14.7 Å². The van der Waals surface area contributed by atoms with Crippen molar-refractivity contribution in [2.75, 3.05) is 6.26 Å². The molecule has 2 rings (SSSR count). The molecular weight excluding hydrogens is 204 g/mol. The molecule has 0 aliphatic carbocycles. The number of rotatable bonds is 1. The molecule has 0 saturated carbocycles. The van der Waals surface area contributed by atoms with E-state index in [1.807, 2.05) is 0 Å². The number of hydrogen-bond acceptors (Lipinski definition) is 4. The molecule has 14 heavy (non-hydrogen) atoms. The summed E-state index contributed by atoms with van der Waals surface area (Å²) in [5.41, 5.74) is 1.38. The molecule has 6 heteroatoms. The van der Waals surface area contributed by atoms with Crippen LogP contribution >= 0.6 is 0 Å². The van der Waals surface area contributed by atoms with Crippen molar-refractivity contribution in [1.82, 2.24) is 5.32 Å². The summed E-state index contributed by atoms with van der Waals surface area (Å²) in [7, 11) is -3.43. The summed E-state index contributed by atoms with van der Waals surface area (Å²) in [5.74, 6) is 0. The number of nitrogens with zero attached hydrogens (tertiary/aromatic N) is 1. The quantitative estimate of drug-likeness (QED) is 0.497. The van der Waals surface area contributed by atoms with Gasteiger partial charge in [0.05, 0.1) is 6.54 Å². The van der Waals surface area contributed by atoms with Gasteiger partial charge in [-0.15, -0.1) is 0 Å². The van der Waals surface area contributed by atoms with Crippen LogP contribution in [0, 0.1) is 5.21 Å². The van der Waals surface area contributed by atoms with E-state index in [1.54, 1.807) is 6.07 Å². The van der Waals surface area contributed by atoms with E-state index in [0.717, 1.165) is 11.8 Å². The van der Waals surface area contributed by atoms with Gasteiger partial charge >= 0.3 is 5.03 Å². The molecule has 0 saturated heterocycles. The Labute approximate surface area is 81.9 Å². The van der Waals surface area contributed by atoms with E-state index in [-0.39, 0.29) is 5.03 Å². The van der Waals surface area contributed by atoms with Gasteiger partial charge in [-0.2, -0.15) is 4.73 Å². The van der Waals surface area contributed by atoms with Crippen molar-refractivity contribution >= 4 is 9.84 Å². The summed E-state index contributed by atoms with van der Waals surface area (Å²) >= 11 is 0. The monoisotopic (exact) mass is 214 g/mol. The van der Waals surface area contributed by atoms with Crippen LogP contribution in [0.1, 0.15) is 11.3 Å². The van der Waals surface area contributed by atoms with Crippen LogP contribution in [-0.2, 0) is 22.9 Å². The van der Waals surface area contributed by atoms with E-state index in [9.17, 15) is 13.6 Å². The molecular formula is C8H10N2O3S. The maximum absolute atomic E-state index is 11.6. The van der Waals surface area contributed by atoms with Gasteiger partial charge in [-0.3, -0.25) is 0 Å². The molecule has 0 amide bonds. The van der Waals surface area contributed by atoms with E-state index < -0.39 is 9.84 Å². The molecule has 1 N–H and O–H groups in total. The molecule has 1 aromatic heterocycles. The molecule has 0 unspecified atom stereocenters. The van der Waals surface area contributed by atoms with E-state index in [0.29, 0.717) is 23.5 Å². The number of fused-ring (bicyclic) bond motifs is 1. The van der Waals surface area contributed by atoms with Crippen molar-refractivity contribution in [3.63, 3.8) is 0 Å². The zero-order chi connectivity index (χ0) is 10.3. The summed E-state index contributed by atoms with van der Waals surface area (Å²) in [5, 5.41) is 14.4. The van der Waals surface area contributed by atoms with Gasteiger partial charge in [0.25, 0.3) is 0 Å². The highest BCUT2D eigenvalue weighted by molar-refractivity contribution is 7.90. The average Bonchev–Trinajstić information content (AvgIpc) is 2.50. The SMILES string of the molecule is CS(=O)(=O)c1ccc2c([n+]1[O-])CNC2. The van der Waals surface area contributed by atoms with Gasteiger partial charge in [-0.05, 0) is 6.07 Å². The van der Waals surface area contributed by atoms with Crippen LogP contribution < -0.4 is 10.0 Å². The van der Waals surface area contributed by atoms with Crippen molar-refractivity contribution < 1.29 is 13.1 Å². The Morgan fingerprint density at radius 1 is 1.43 bits per heavy atom. The van der Waals surface area contributed by atoms with E-state index in [2.05, 4.69) is 5.32 Å². The minimum absolute atomic E-state index is 0.181. The summed E-state index contributed by atoms with van der Waals surface area (Å²) in [6.45, 7) is 1.06. The molecule has 0 aromatic carbocycles. The smallest absolute Gasteiger partial charge is 0.308 e. The normalized spacial score (nSPS) is 15.5. The minimum atomic E-state index is -3.43. The third kappa shape index (κ3) is 1.36. The first-order valence-corrected chi connectivity index (χ1v) is 6.04. The number of pyridine rings is 1. The lowest BCUT2D eigenvalue weighted by Crippen LogP contribution is -2.38. The van der Waals surface area contributed by atoms with Gasteiger partial charge in [0.1, 0.15) is 0 Å². The van der Waals surface area contributed by atoms with Crippen molar-refractivity contribution in [2.45, 2.75) is 18.1 Å². The molecule has 2 heterocycles. The van der Waals surface area contributed by atoms with Crippen molar-refractivity contribution in [3.05, 3.63) is 28.6 Å². The zero-order valence-corrected chi connectivity index (χ0v) is 8.47. The Bertz CT molecular complexity index is 482. The van der Waals surface area contributed by atoms with Gasteiger partial charge in [-0.1, -0.05) is 0 Å². The third-order valence-corrected chi connectivity index (χ3v) is 3.29. The molecule has 1 aliphatic rings. The van der Waals surface area contributed by atoms with Crippen LogP contribution in [0.25, 0.3) is 0 Å². The molecule has 5 nitrogen and oxygen atoms in total. The fraction of sp³-hybridized carbons (Fsp3) is 0.375. The highest BCUT2D eigenvalue weighted by Gasteiger charge is 2.26. The summed E-state index contributed by atoms with van der Waals surface area (Å²) in [4.78, 5) is 0. The van der Waals surface area contributed by atoms with Crippen molar-refractivity contribution in [1.29, 1.82) is 0 Å². The average molecular weight is 214 g/mol. The molecule has 1 aromatic rings. The van der Waals surface area contributed by atoms with E-state index >= 15 is 0 Å². The number of hydrogen-bond donors (Lipinski definition) is 1. The second-order valence-corrected chi connectivity index (χ2v) is 5.28. The predicted molar refractivity (Wildman–Crippen MR) is 49.1 cm³/mol. The van der Waals surface area contributed by atoms with Crippen LogP contribution in [0.3, 0.4) is 0 Å². The molecule has 0 radical (unpaired) electrons. The minimum Gasteiger partial charge on any atom is -0.618 e. The van der Waals surface area contributed by atoms with Gasteiger partial charge in [0.2, 0.25) is 15.5 Å². The first-order valence-electron chi connectivity index (χ1n) is 4.15. The second-order valence-electron chi connectivity index (χ2n) is 3.31. The second kappa shape index (κ2) is 2.93. The van der Waals surface area contributed by atoms with Crippen molar-refractivity contribution in [2.24, 2.45) is 0 Å². The van der Waals surface area contributed by atoms with Crippen LogP contribution in [0.2, 0.25) is 0 Å². The van der Waals surface area contributed by atoms with E-state index in [1.165, 1.54) is 6.07 Å². The number of nitrogens with one attached hydrogen (secondary N) is 1. The van der Waals surface area contributed by atoms with E-state index in [4.69, 9.17) is 0 Å². The Balaban J connectivity index is 2.68. The van der Waals surface area contributed by atoms with Gasteiger partial charge in [-0.25, -0.2) is 8.42 Å². The number of sulfone groups is 1. The molecule has 0 spiro atoms. The lowest BCUT2D eigenvalue weighted by molar-refractivity contribution is -0.654. The highest BCUT2D eigenvalue weighted by Crippen LogP contribution is 2.13. The summed E-state index contributed by atoms with van der Waals surface area (Å²) in [6, 6.07) is 3.04. The first-order chi connectivity index (χ1) is 6.50. The Kier molecular flexibility index (Phi) is 1.97. The first kappa shape index (κ1) is 9.42. The lowest BCUT2D eigenvalue weighted by atomic mass is 10.2. The largest absolute Gasteiger partial charge is 0.618 e. The van der Waals surface area contributed by atoms with Crippen LogP contribution in [0.15, 0.2) is 17.2 Å². The highest BCUT2D eigenvalue weighted by atomic mass is 32.2. The molecule has 1 aliphatic heterocycles. The molecule has 0 atom stereocenters. The van der Waals surface area contributed by atoms with Gasteiger partial charge in [0.15, 0.2) is 0 Å². The Morgan fingerprint density at radius 3 is 2.79 bits per heavy atom. The Morgan fingerprint density at radius 2 is 2.14 bits per heavy atom. The molecule has 0 fully saturated rings. The summed E-state index contributed by atoms with van der Waals surface area (Å²) in [6.07, 6.45) is 1.03. The van der Waals surface area contributed by atoms with Gasteiger partial charge < -0.3 is 10.5 Å². The zero-order valence-electron chi connectivity index (χ0n) is 7.65. The maximum Gasteiger partial charge on any atom is 0.308 e. The maximum atomic E-state index is 11.6. The Hall–Kier alpha value is -1.14. The third-order valence-electron chi connectivity index (χ3n) is 2.23. The fourth-order valence-corrected chi connectivity index (χ4v) is 2.26. The number of aromatic nitrogens is 1. The lowest BCUT2D eigenvalue weighted by Gasteiger charge is -2.06. The standard InChI is InChI=1S/C8H10N2O3S/c1-14(12,13)8-3-2-6-4-9-5-7(6)10(8)11/h2-3,9H,4-5H2,1H3. The fourth-order valence-electron chi connectivity index (χ4n) is 1.54. The summed E-state index contributed by atoms with van der Waals surface area (Å²) < 4.78 is 22.9. The molecule has 76 valence electrons. The molecule has 0 bridgehead atoms. The van der Waals surface area contributed by atoms with Gasteiger partial charge in [0, 0.05) is 24.4 Å². The van der Waals surface area contributed by atoms with Crippen LogP contribution in [0.4, 0.5) is 0 Å². The van der Waals surface area contributed by atoms with Crippen LogP contribution in [0.5, 0.6) is 0 Å². The topological polar surface area (TPSA) is 73.1 Å². The predicted octanol–water partition coefficient (Wildman–Crippen LogP) is -0.673. The van der Waals surface area contributed by atoms with Crippen molar-refractivity contribution in [3.8, 4) is 0 Å².